The van der Waals surface area contributed by atoms with Crippen LogP contribution in [0.15, 0.2) is 59.0 Å². The minimum absolute atomic E-state index is 0. The molecule has 1 saturated heterocycles. The Morgan fingerprint density at radius 2 is 1.79 bits per heavy atom. The summed E-state index contributed by atoms with van der Waals surface area (Å²) in [5.41, 5.74) is 1.80. The van der Waals surface area contributed by atoms with E-state index in [1.807, 2.05) is 42.5 Å². The van der Waals surface area contributed by atoms with Gasteiger partial charge in [0.05, 0.1) is 18.9 Å². The molecule has 1 aliphatic rings. The molecule has 4 rings (SSSR count). The van der Waals surface area contributed by atoms with Crippen molar-refractivity contribution in [3.05, 3.63) is 60.4 Å². The molecule has 3 aromatic rings. The molecule has 1 fully saturated rings. The van der Waals surface area contributed by atoms with Gasteiger partial charge in [0.25, 0.3) is 5.91 Å². The van der Waals surface area contributed by atoms with E-state index in [2.05, 4.69) is 21.2 Å². The van der Waals surface area contributed by atoms with Crippen LogP contribution in [-0.2, 0) is 0 Å². The third-order valence-corrected chi connectivity index (χ3v) is 5.68. The van der Waals surface area contributed by atoms with Crippen molar-refractivity contribution in [1.29, 1.82) is 0 Å². The van der Waals surface area contributed by atoms with Crippen LogP contribution >= 0.6 is 24.8 Å². The van der Waals surface area contributed by atoms with E-state index in [1.165, 1.54) is 0 Å². The number of nitrogens with one attached hydrogen (secondary N) is 1. The summed E-state index contributed by atoms with van der Waals surface area (Å²) in [5.74, 6) is 0.924. The number of methoxy groups -OCH3 is 1. The minimum atomic E-state index is -0.492. The number of para-hydroxylation sites is 3. The second-order valence-electron chi connectivity index (χ2n) is 7.81. The smallest absolute Gasteiger partial charge is 0.287 e. The third kappa shape index (κ3) is 6.77. The molecule has 2 aromatic carbocycles. The van der Waals surface area contributed by atoms with Crippen LogP contribution in [0.2, 0.25) is 0 Å². The third-order valence-electron chi connectivity index (χ3n) is 5.68. The number of benzene rings is 2. The number of piperazine rings is 1. The Bertz CT molecular complexity index is 989. The fourth-order valence-corrected chi connectivity index (χ4v) is 3.98. The molecule has 0 bridgehead atoms. The van der Waals surface area contributed by atoms with Crippen LogP contribution in [0.25, 0.3) is 11.0 Å². The van der Waals surface area contributed by atoms with Crippen molar-refractivity contribution in [2.24, 2.45) is 0 Å². The number of furan rings is 1. The monoisotopic (exact) mass is 495 g/mol. The van der Waals surface area contributed by atoms with Gasteiger partial charge in [-0.2, -0.15) is 0 Å². The van der Waals surface area contributed by atoms with Crippen molar-refractivity contribution in [3.63, 3.8) is 0 Å². The van der Waals surface area contributed by atoms with Gasteiger partial charge in [-0.15, -0.1) is 24.8 Å². The topological polar surface area (TPSA) is 78.2 Å². The Balaban J connectivity index is 0.00000193. The van der Waals surface area contributed by atoms with E-state index in [4.69, 9.17) is 9.15 Å². The number of fused-ring (bicyclic) bond motifs is 1. The highest BCUT2D eigenvalue weighted by atomic mass is 35.5. The highest BCUT2D eigenvalue weighted by molar-refractivity contribution is 5.96. The molecule has 2 N–H and O–H groups in total. The number of aliphatic hydroxyl groups excluding tert-OH is 1. The lowest BCUT2D eigenvalue weighted by atomic mass is 10.2. The fraction of sp³-hybridized carbons (Fsp3) is 0.375. The summed E-state index contributed by atoms with van der Waals surface area (Å²) in [6, 6.07) is 17.3. The Hall–Kier alpha value is -2.45. The molecule has 1 unspecified atom stereocenters. The van der Waals surface area contributed by atoms with Crippen molar-refractivity contribution in [2.45, 2.75) is 12.5 Å². The molecule has 1 aliphatic heterocycles. The number of hydrogen-bond donors (Lipinski definition) is 2. The summed E-state index contributed by atoms with van der Waals surface area (Å²) in [5, 5.41) is 14.2. The van der Waals surface area contributed by atoms with Gasteiger partial charge in [0, 0.05) is 44.7 Å². The zero-order valence-electron chi connectivity index (χ0n) is 18.6. The molecule has 0 aliphatic carbocycles. The molecule has 0 saturated carbocycles. The van der Waals surface area contributed by atoms with Crippen LogP contribution in [0.3, 0.4) is 0 Å². The Labute approximate surface area is 206 Å². The quantitative estimate of drug-likeness (QED) is 0.497. The molecule has 2 heterocycles. The summed E-state index contributed by atoms with van der Waals surface area (Å²) in [4.78, 5) is 16.9. The van der Waals surface area contributed by atoms with E-state index in [0.29, 0.717) is 30.9 Å². The van der Waals surface area contributed by atoms with Gasteiger partial charge in [0.2, 0.25) is 0 Å². The number of halogens is 2. The number of amides is 1. The number of carbonyl (C=O) groups is 1. The number of hydrogen-bond acceptors (Lipinski definition) is 6. The van der Waals surface area contributed by atoms with Crippen LogP contribution in [0, 0.1) is 0 Å². The average Bonchev–Trinajstić information content (AvgIpc) is 3.24. The molecule has 1 atom stereocenters. The van der Waals surface area contributed by atoms with E-state index in [-0.39, 0.29) is 30.7 Å². The Morgan fingerprint density at radius 3 is 2.52 bits per heavy atom. The summed E-state index contributed by atoms with van der Waals surface area (Å²) >= 11 is 0. The summed E-state index contributed by atoms with van der Waals surface area (Å²) in [7, 11) is 1.69. The van der Waals surface area contributed by atoms with Crippen LogP contribution in [0.5, 0.6) is 5.75 Å². The SMILES string of the molecule is COc1ccccc1N1CCN(CC(O)CCNC(=O)c2cc3ccccc3o2)CC1.Cl.Cl. The van der Waals surface area contributed by atoms with Gasteiger partial charge in [-0.25, -0.2) is 0 Å². The maximum Gasteiger partial charge on any atom is 0.287 e. The fourth-order valence-electron chi connectivity index (χ4n) is 3.98. The van der Waals surface area contributed by atoms with Crippen molar-refractivity contribution < 1.29 is 19.1 Å². The van der Waals surface area contributed by atoms with E-state index < -0.39 is 6.10 Å². The van der Waals surface area contributed by atoms with Crippen molar-refractivity contribution in [2.75, 3.05) is 51.3 Å². The van der Waals surface area contributed by atoms with Crippen molar-refractivity contribution in [3.8, 4) is 5.75 Å². The molecular weight excluding hydrogens is 465 g/mol. The highest BCUT2D eigenvalue weighted by Gasteiger charge is 2.21. The van der Waals surface area contributed by atoms with Crippen LogP contribution in [-0.4, -0.2) is 68.4 Å². The summed E-state index contributed by atoms with van der Waals surface area (Å²) < 4.78 is 11.0. The maximum atomic E-state index is 12.3. The molecule has 180 valence electrons. The highest BCUT2D eigenvalue weighted by Crippen LogP contribution is 2.28. The van der Waals surface area contributed by atoms with E-state index in [0.717, 1.165) is 43.0 Å². The first kappa shape index (κ1) is 26.8. The maximum absolute atomic E-state index is 12.3. The lowest BCUT2D eigenvalue weighted by Crippen LogP contribution is -2.49. The molecular formula is C24H31Cl2N3O4. The summed E-state index contributed by atoms with van der Waals surface area (Å²) in [6.45, 7) is 4.52. The van der Waals surface area contributed by atoms with E-state index >= 15 is 0 Å². The predicted molar refractivity (Wildman–Crippen MR) is 135 cm³/mol. The number of anilines is 1. The van der Waals surface area contributed by atoms with Gasteiger partial charge < -0.3 is 24.5 Å². The molecule has 1 amide bonds. The number of nitrogens with zero attached hydrogens (tertiary/aromatic N) is 2. The summed E-state index contributed by atoms with van der Waals surface area (Å²) in [6.07, 6.45) is 0.00684. The lowest BCUT2D eigenvalue weighted by Gasteiger charge is -2.37. The minimum Gasteiger partial charge on any atom is -0.495 e. The van der Waals surface area contributed by atoms with Gasteiger partial charge in [-0.1, -0.05) is 30.3 Å². The predicted octanol–water partition coefficient (Wildman–Crippen LogP) is 3.59. The first-order valence-corrected chi connectivity index (χ1v) is 10.7. The molecule has 7 nitrogen and oxygen atoms in total. The zero-order chi connectivity index (χ0) is 21.6. The molecule has 9 heteroatoms. The van der Waals surface area contributed by atoms with Crippen molar-refractivity contribution >= 4 is 47.4 Å². The first-order valence-electron chi connectivity index (χ1n) is 10.7. The molecule has 33 heavy (non-hydrogen) atoms. The lowest BCUT2D eigenvalue weighted by molar-refractivity contribution is 0.0882. The normalized spacial score (nSPS) is 14.8. The Kier molecular flexibility index (Phi) is 10.3. The molecule has 0 radical (unpaired) electrons. The number of carbonyl (C=O) groups excluding carboxylic acids is 1. The second-order valence-corrected chi connectivity index (χ2v) is 7.81. The Morgan fingerprint density at radius 1 is 1.09 bits per heavy atom. The number of ether oxygens (including phenoxy) is 1. The largest absolute Gasteiger partial charge is 0.495 e. The second kappa shape index (κ2) is 12.7. The zero-order valence-corrected chi connectivity index (χ0v) is 20.2. The van der Waals surface area contributed by atoms with Gasteiger partial charge in [-0.3, -0.25) is 9.69 Å². The first-order chi connectivity index (χ1) is 15.1. The standard InChI is InChI=1S/C24H29N3O4.2ClH/c1-30-22-9-5-3-7-20(22)27-14-12-26(13-15-27)17-19(28)10-11-25-24(29)23-16-18-6-2-4-8-21(18)31-23;;/h2-9,16,19,28H,10-15,17H2,1H3,(H,25,29);2*1H. The van der Waals surface area contributed by atoms with Gasteiger partial charge >= 0.3 is 0 Å². The van der Waals surface area contributed by atoms with Crippen LogP contribution in [0.1, 0.15) is 17.0 Å². The van der Waals surface area contributed by atoms with Crippen molar-refractivity contribution in [1.82, 2.24) is 10.2 Å². The molecule has 0 spiro atoms. The number of β-amino-alcohol motifs (C(OH)–C–C–N with tert-alkyl or cyclic N) is 1. The van der Waals surface area contributed by atoms with E-state index in [1.54, 1.807) is 13.2 Å². The molecule has 1 aromatic heterocycles. The number of rotatable bonds is 8. The van der Waals surface area contributed by atoms with Gasteiger partial charge in [-0.05, 0) is 30.7 Å². The van der Waals surface area contributed by atoms with Gasteiger partial charge in [0.15, 0.2) is 5.76 Å². The average molecular weight is 496 g/mol. The van der Waals surface area contributed by atoms with Crippen LogP contribution in [0.4, 0.5) is 5.69 Å². The van der Waals surface area contributed by atoms with Gasteiger partial charge in [0.1, 0.15) is 11.3 Å². The van der Waals surface area contributed by atoms with E-state index in [9.17, 15) is 9.90 Å². The van der Waals surface area contributed by atoms with Crippen LogP contribution < -0.4 is 15.0 Å². The number of aliphatic hydroxyl groups is 1.